The van der Waals surface area contributed by atoms with Crippen molar-refractivity contribution < 1.29 is 0 Å². The molecule has 0 unspecified atom stereocenters. The number of benzene rings is 5. The van der Waals surface area contributed by atoms with Crippen LogP contribution >= 0.6 is 0 Å². The second-order valence-electron chi connectivity index (χ2n) is 16.0. The van der Waals surface area contributed by atoms with Crippen LogP contribution in [0.25, 0.3) is 44.5 Å². The predicted molar refractivity (Wildman–Crippen MR) is 259 cm³/mol. The second kappa shape index (κ2) is 23.0. The predicted octanol–water partition coefficient (Wildman–Crippen LogP) is 14.9. The van der Waals surface area contributed by atoms with Gasteiger partial charge in [0.05, 0.1) is 0 Å². The first-order valence-corrected chi connectivity index (χ1v) is 23.0. The molecule has 0 amide bonds. The van der Waals surface area contributed by atoms with E-state index in [1.165, 1.54) is 67.3 Å². The van der Waals surface area contributed by atoms with E-state index in [2.05, 4.69) is 184 Å². The molecule has 0 spiro atoms. The topological polar surface area (TPSA) is 13.0 Å². The van der Waals surface area contributed by atoms with Crippen LogP contribution in [-0.4, -0.2) is 52.4 Å². The van der Waals surface area contributed by atoms with Gasteiger partial charge >= 0.3 is 0 Å². The molecule has 5 aromatic rings. The highest BCUT2D eigenvalue weighted by Gasteiger charge is 2.21. The lowest BCUT2D eigenvalue weighted by molar-refractivity contribution is 0.745. The van der Waals surface area contributed by atoms with Crippen molar-refractivity contribution in [2.24, 2.45) is 0 Å². The van der Waals surface area contributed by atoms with Crippen LogP contribution in [0.3, 0.4) is 0 Å². The molecule has 0 aliphatic carbocycles. The maximum atomic E-state index is 2.54. The molecule has 0 N–H and O–H groups in total. The molecule has 0 saturated heterocycles. The van der Waals surface area contributed by atoms with E-state index in [1.807, 2.05) is 0 Å². The SMILES string of the molecule is CCCN(CCC)c1ccc(-c2ccc(-c3ccc(N(CCC)CCC)cc3)c(-c3ccc(N(CCC)CCC)cc3)c2-c2ccc(N(CCC)CCC)cc2)cc1. The van der Waals surface area contributed by atoms with Gasteiger partial charge in [0.15, 0.2) is 0 Å². The molecule has 0 saturated carbocycles. The van der Waals surface area contributed by atoms with Gasteiger partial charge in [-0.3, -0.25) is 0 Å². The van der Waals surface area contributed by atoms with E-state index >= 15 is 0 Å². The van der Waals surface area contributed by atoms with Gasteiger partial charge < -0.3 is 19.6 Å². The molecule has 0 aromatic heterocycles. The van der Waals surface area contributed by atoms with Gasteiger partial charge in [0.2, 0.25) is 0 Å². The third-order valence-electron chi connectivity index (χ3n) is 11.3. The third kappa shape index (κ3) is 11.1. The van der Waals surface area contributed by atoms with Gasteiger partial charge in [-0.15, -0.1) is 0 Å². The van der Waals surface area contributed by atoms with Crippen molar-refractivity contribution in [2.75, 3.05) is 72.0 Å². The Balaban J connectivity index is 1.77. The summed E-state index contributed by atoms with van der Waals surface area (Å²) >= 11 is 0. The molecule has 0 bridgehead atoms. The molecular formula is C54H74N4. The Hall–Kier alpha value is -4.70. The largest absolute Gasteiger partial charge is 0.372 e. The summed E-state index contributed by atoms with van der Waals surface area (Å²) in [6.45, 7) is 26.8. The maximum Gasteiger partial charge on any atom is 0.0366 e. The fourth-order valence-corrected chi connectivity index (χ4v) is 8.70. The zero-order valence-electron chi connectivity index (χ0n) is 37.5. The normalized spacial score (nSPS) is 11.2. The summed E-state index contributed by atoms with van der Waals surface area (Å²) in [7, 11) is 0. The van der Waals surface area contributed by atoms with Gasteiger partial charge in [-0.05, 0) is 144 Å². The smallest absolute Gasteiger partial charge is 0.0366 e. The minimum absolute atomic E-state index is 1.07. The zero-order valence-corrected chi connectivity index (χ0v) is 37.5. The molecule has 58 heavy (non-hydrogen) atoms. The van der Waals surface area contributed by atoms with E-state index in [0.29, 0.717) is 0 Å². The molecule has 5 rings (SSSR count). The molecule has 0 atom stereocenters. The molecule has 5 aromatic carbocycles. The lowest BCUT2D eigenvalue weighted by Gasteiger charge is -2.26. The number of anilines is 4. The highest BCUT2D eigenvalue weighted by Crippen LogP contribution is 2.46. The van der Waals surface area contributed by atoms with Gasteiger partial charge in [0, 0.05) is 75.1 Å². The lowest BCUT2D eigenvalue weighted by Crippen LogP contribution is -2.24. The fraction of sp³-hybridized carbons (Fsp3) is 0.444. The minimum Gasteiger partial charge on any atom is -0.372 e. The van der Waals surface area contributed by atoms with Crippen molar-refractivity contribution in [3.63, 3.8) is 0 Å². The van der Waals surface area contributed by atoms with E-state index in [9.17, 15) is 0 Å². The maximum absolute atomic E-state index is 2.54. The quantitative estimate of drug-likeness (QED) is 0.0618. The van der Waals surface area contributed by atoms with Crippen LogP contribution in [0.15, 0.2) is 109 Å². The van der Waals surface area contributed by atoms with Crippen molar-refractivity contribution >= 4 is 22.7 Å². The summed E-state index contributed by atoms with van der Waals surface area (Å²) < 4.78 is 0. The first-order valence-electron chi connectivity index (χ1n) is 23.0. The Morgan fingerprint density at radius 1 is 0.241 bits per heavy atom. The van der Waals surface area contributed by atoms with Crippen LogP contribution < -0.4 is 19.6 Å². The van der Waals surface area contributed by atoms with Crippen LogP contribution in [0.4, 0.5) is 22.7 Å². The Kier molecular flexibility index (Phi) is 17.6. The Labute approximate surface area is 353 Å². The van der Waals surface area contributed by atoms with E-state index in [1.54, 1.807) is 0 Å². The minimum atomic E-state index is 1.07. The van der Waals surface area contributed by atoms with E-state index in [-0.39, 0.29) is 0 Å². The number of rotatable bonds is 24. The standard InChI is InChI=1S/C54H74N4/c1-9-35-55(36-10-2)47-25-17-43(18-26-47)51-33-34-52(44-19-27-48(28-20-44)56(37-11-3)38-12-4)54(46-23-31-50(32-24-46)58(41-15-7)42-16-8)53(51)45-21-29-49(30-22-45)57(39-13-5)40-14-6/h17-34H,9-16,35-42H2,1-8H3. The van der Waals surface area contributed by atoms with E-state index < -0.39 is 0 Å². The highest BCUT2D eigenvalue weighted by atomic mass is 15.1. The van der Waals surface area contributed by atoms with E-state index in [4.69, 9.17) is 0 Å². The molecule has 4 nitrogen and oxygen atoms in total. The molecule has 0 radical (unpaired) electrons. The summed E-state index contributed by atoms with van der Waals surface area (Å²) in [5.74, 6) is 0. The van der Waals surface area contributed by atoms with Crippen molar-refractivity contribution in [3.05, 3.63) is 109 Å². The van der Waals surface area contributed by atoms with Gasteiger partial charge in [-0.2, -0.15) is 0 Å². The van der Waals surface area contributed by atoms with E-state index in [0.717, 1.165) is 104 Å². The summed E-state index contributed by atoms with van der Waals surface area (Å²) in [5.41, 5.74) is 15.4. The number of nitrogens with zero attached hydrogens (tertiary/aromatic N) is 4. The molecule has 0 fully saturated rings. The first kappa shape index (κ1) is 44.4. The van der Waals surface area contributed by atoms with Crippen LogP contribution in [0.2, 0.25) is 0 Å². The average molecular weight is 779 g/mol. The fourth-order valence-electron chi connectivity index (χ4n) is 8.70. The number of hydrogen-bond donors (Lipinski definition) is 0. The summed E-state index contributed by atoms with van der Waals surface area (Å²) in [6.07, 6.45) is 9.13. The first-order chi connectivity index (χ1) is 28.4. The summed E-state index contributed by atoms with van der Waals surface area (Å²) in [5, 5.41) is 0. The third-order valence-corrected chi connectivity index (χ3v) is 11.3. The van der Waals surface area contributed by atoms with Crippen molar-refractivity contribution in [3.8, 4) is 44.5 Å². The molecule has 0 aliphatic heterocycles. The van der Waals surface area contributed by atoms with Crippen molar-refractivity contribution in [1.29, 1.82) is 0 Å². The Morgan fingerprint density at radius 3 is 0.621 bits per heavy atom. The summed E-state index contributed by atoms with van der Waals surface area (Å²) in [6, 6.07) is 42.5. The molecule has 4 heteroatoms. The van der Waals surface area contributed by atoms with Gasteiger partial charge in [-0.25, -0.2) is 0 Å². The van der Waals surface area contributed by atoms with Crippen LogP contribution in [0.1, 0.15) is 107 Å². The second-order valence-corrected chi connectivity index (χ2v) is 16.0. The molecule has 0 heterocycles. The van der Waals surface area contributed by atoms with Crippen molar-refractivity contribution in [2.45, 2.75) is 107 Å². The molecular weight excluding hydrogens is 705 g/mol. The monoisotopic (exact) mass is 779 g/mol. The lowest BCUT2D eigenvalue weighted by atomic mass is 9.82. The molecule has 310 valence electrons. The van der Waals surface area contributed by atoms with Crippen LogP contribution in [-0.2, 0) is 0 Å². The highest BCUT2D eigenvalue weighted by molar-refractivity contribution is 6.02. The Morgan fingerprint density at radius 2 is 0.431 bits per heavy atom. The summed E-state index contributed by atoms with van der Waals surface area (Å²) in [4.78, 5) is 10.1. The van der Waals surface area contributed by atoms with Gasteiger partial charge in [0.1, 0.15) is 0 Å². The van der Waals surface area contributed by atoms with Gasteiger partial charge in [0.25, 0.3) is 0 Å². The van der Waals surface area contributed by atoms with Crippen LogP contribution in [0, 0.1) is 0 Å². The average Bonchev–Trinajstić information content (AvgIpc) is 3.26. The zero-order chi connectivity index (χ0) is 41.3. The van der Waals surface area contributed by atoms with Crippen LogP contribution in [0.5, 0.6) is 0 Å². The van der Waals surface area contributed by atoms with Crippen molar-refractivity contribution in [1.82, 2.24) is 0 Å². The van der Waals surface area contributed by atoms with Gasteiger partial charge in [-0.1, -0.05) is 116 Å². The number of hydrogen-bond acceptors (Lipinski definition) is 4. The molecule has 0 aliphatic rings. The Bertz CT molecular complexity index is 1750.